The zero-order chi connectivity index (χ0) is 14.9. The van der Waals surface area contributed by atoms with E-state index < -0.39 is 21.8 Å². The third kappa shape index (κ3) is 2.61. The minimum absolute atomic E-state index is 0.182. The molecule has 2 atom stereocenters. The predicted octanol–water partition coefficient (Wildman–Crippen LogP) is 1.15. The fourth-order valence-corrected chi connectivity index (χ4v) is 2.35. The topological polar surface area (TPSA) is 98.3 Å². The molecule has 106 valence electrons. The van der Waals surface area contributed by atoms with Gasteiger partial charge in [0, 0.05) is 22.0 Å². The fourth-order valence-electron chi connectivity index (χ4n) is 1.83. The molecule has 1 aromatic heterocycles. The molecular weight excluding hydrogens is 282 g/mol. The molecule has 0 amide bonds. The molecule has 0 aliphatic carbocycles. The monoisotopic (exact) mass is 295 g/mol. The lowest BCUT2D eigenvalue weighted by Gasteiger charge is -2.08. The van der Waals surface area contributed by atoms with Crippen molar-refractivity contribution in [3.63, 3.8) is 0 Å². The van der Waals surface area contributed by atoms with Crippen molar-refractivity contribution in [2.75, 3.05) is 6.26 Å². The number of benzene rings is 1. The molecular formula is C12H13N3O4S. The Hall–Kier alpha value is -2.06. The molecule has 0 bridgehead atoms. The summed E-state index contributed by atoms with van der Waals surface area (Å²) in [6.07, 6.45) is 1.59. The number of nitro groups is 1. The van der Waals surface area contributed by atoms with Gasteiger partial charge in [0.25, 0.3) is 0 Å². The van der Waals surface area contributed by atoms with E-state index in [2.05, 4.69) is 4.98 Å². The summed E-state index contributed by atoms with van der Waals surface area (Å²) in [6, 6.07) is 6.54. The summed E-state index contributed by atoms with van der Waals surface area (Å²) in [5.74, 6) is -0.00703. The summed E-state index contributed by atoms with van der Waals surface area (Å²) in [7, 11) is 0.378. The Morgan fingerprint density at radius 2 is 2.00 bits per heavy atom. The molecule has 0 aliphatic heterocycles. The van der Waals surface area contributed by atoms with Crippen LogP contribution in [0.4, 0.5) is 5.82 Å². The second-order valence-corrected chi connectivity index (χ2v) is 5.60. The fraction of sp³-hybridized carbons (Fsp3) is 0.250. The number of aliphatic hydroxyl groups is 1. The molecule has 20 heavy (non-hydrogen) atoms. The van der Waals surface area contributed by atoms with Gasteiger partial charge >= 0.3 is 5.82 Å². The SMILES string of the molecule is Cn1c([N+](=O)[O-])cnc1C(O)c1ccc(S(C)=O)cc1. The van der Waals surface area contributed by atoms with Crippen molar-refractivity contribution >= 4 is 16.6 Å². The van der Waals surface area contributed by atoms with Gasteiger partial charge in [-0.1, -0.05) is 12.1 Å². The number of hydrogen-bond acceptors (Lipinski definition) is 5. The predicted molar refractivity (Wildman–Crippen MR) is 72.7 cm³/mol. The molecule has 2 unspecified atom stereocenters. The van der Waals surface area contributed by atoms with Gasteiger partial charge in [-0.05, 0) is 22.6 Å². The highest BCUT2D eigenvalue weighted by Gasteiger charge is 2.24. The Bertz CT molecular complexity index is 666. The van der Waals surface area contributed by atoms with Crippen molar-refractivity contribution in [2.24, 2.45) is 7.05 Å². The Balaban J connectivity index is 2.33. The van der Waals surface area contributed by atoms with Crippen LogP contribution in [-0.4, -0.2) is 30.0 Å². The van der Waals surface area contributed by atoms with Crippen LogP contribution in [0.25, 0.3) is 0 Å². The van der Waals surface area contributed by atoms with Gasteiger partial charge in [-0.25, -0.2) is 9.55 Å². The van der Waals surface area contributed by atoms with Crippen LogP contribution >= 0.6 is 0 Å². The number of nitrogens with zero attached hydrogens (tertiary/aromatic N) is 3. The van der Waals surface area contributed by atoms with Crippen molar-refractivity contribution in [2.45, 2.75) is 11.0 Å². The van der Waals surface area contributed by atoms with Crippen LogP contribution in [0.2, 0.25) is 0 Å². The van der Waals surface area contributed by atoms with Crippen LogP contribution in [0, 0.1) is 10.1 Å². The van der Waals surface area contributed by atoms with Crippen molar-refractivity contribution < 1.29 is 14.2 Å². The molecule has 7 nitrogen and oxygen atoms in total. The summed E-state index contributed by atoms with van der Waals surface area (Å²) in [6.45, 7) is 0. The molecule has 0 saturated heterocycles. The summed E-state index contributed by atoms with van der Waals surface area (Å²) in [4.78, 5) is 14.7. The number of rotatable bonds is 4. The Kier molecular flexibility index (Phi) is 3.96. The summed E-state index contributed by atoms with van der Waals surface area (Å²) < 4.78 is 12.5. The van der Waals surface area contributed by atoms with E-state index in [0.717, 1.165) is 6.20 Å². The number of hydrogen-bond donors (Lipinski definition) is 1. The van der Waals surface area contributed by atoms with Crippen LogP contribution < -0.4 is 0 Å². The van der Waals surface area contributed by atoms with E-state index >= 15 is 0 Å². The number of imidazole rings is 1. The molecule has 2 aromatic rings. The van der Waals surface area contributed by atoms with E-state index in [0.29, 0.717) is 10.5 Å². The lowest BCUT2D eigenvalue weighted by Crippen LogP contribution is -2.09. The third-order valence-corrected chi connectivity index (χ3v) is 3.90. The van der Waals surface area contributed by atoms with E-state index in [9.17, 15) is 19.4 Å². The Labute approximate surface area is 117 Å². The van der Waals surface area contributed by atoms with Gasteiger partial charge < -0.3 is 15.2 Å². The van der Waals surface area contributed by atoms with Gasteiger partial charge in [0.1, 0.15) is 6.20 Å². The minimum atomic E-state index is -1.09. The highest BCUT2D eigenvalue weighted by atomic mass is 32.2. The maximum absolute atomic E-state index is 11.3. The van der Waals surface area contributed by atoms with E-state index in [1.807, 2.05) is 0 Å². The standard InChI is InChI=1S/C12H13N3O4S/c1-14-10(15(17)18)7-13-12(14)11(16)8-3-5-9(6-4-8)20(2)19/h3-7,11,16H,1-2H3. The molecule has 0 radical (unpaired) electrons. The number of aromatic nitrogens is 2. The highest BCUT2D eigenvalue weighted by Crippen LogP contribution is 2.24. The smallest absolute Gasteiger partial charge is 0.342 e. The molecule has 8 heteroatoms. The molecule has 2 rings (SSSR count). The van der Waals surface area contributed by atoms with Crippen LogP contribution in [-0.2, 0) is 17.8 Å². The van der Waals surface area contributed by atoms with E-state index in [1.165, 1.54) is 11.6 Å². The lowest BCUT2D eigenvalue weighted by molar-refractivity contribution is -0.391. The van der Waals surface area contributed by atoms with Crippen LogP contribution in [0.3, 0.4) is 0 Å². The molecule has 0 aliphatic rings. The maximum atomic E-state index is 11.3. The minimum Gasteiger partial charge on any atom is -0.378 e. The Morgan fingerprint density at radius 3 is 2.45 bits per heavy atom. The first-order valence-electron chi connectivity index (χ1n) is 5.69. The van der Waals surface area contributed by atoms with Gasteiger partial charge in [-0.3, -0.25) is 4.21 Å². The van der Waals surface area contributed by atoms with E-state index in [1.54, 1.807) is 30.5 Å². The molecule has 0 spiro atoms. The molecule has 0 fully saturated rings. The third-order valence-electron chi connectivity index (χ3n) is 2.96. The first-order chi connectivity index (χ1) is 9.41. The lowest BCUT2D eigenvalue weighted by atomic mass is 10.1. The van der Waals surface area contributed by atoms with Crippen molar-refractivity contribution in [3.05, 3.63) is 52.0 Å². The summed E-state index contributed by atoms with van der Waals surface area (Å²) in [5.41, 5.74) is 0.530. The van der Waals surface area contributed by atoms with Gasteiger partial charge in [0.2, 0.25) is 5.82 Å². The maximum Gasteiger partial charge on any atom is 0.342 e. The van der Waals surface area contributed by atoms with Crippen LogP contribution in [0.1, 0.15) is 17.5 Å². The second-order valence-electron chi connectivity index (χ2n) is 4.22. The average Bonchev–Trinajstić information content (AvgIpc) is 2.80. The average molecular weight is 295 g/mol. The van der Waals surface area contributed by atoms with Gasteiger partial charge in [-0.15, -0.1) is 0 Å². The quantitative estimate of drug-likeness (QED) is 0.674. The normalized spacial score (nSPS) is 13.9. The zero-order valence-corrected chi connectivity index (χ0v) is 11.7. The van der Waals surface area contributed by atoms with E-state index in [-0.39, 0.29) is 11.6 Å². The first kappa shape index (κ1) is 14.4. The molecule has 1 aromatic carbocycles. The highest BCUT2D eigenvalue weighted by molar-refractivity contribution is 7.84. The number of aliphatic hydroxyl groups excluding tert-OH is 1. The van der Waals surface area contributed by atoms with Crippen molar-refractivity contribution in [1.82, 2.24) is 9.55 Å². The van der Waals surface area contributed by atoms with Crippen molar-refractivity contribution in [3.8, 4) is 0 Å². The van der Waals surface area contributed by atoms with Crippen molar-refractivity contribution in [1.29, 1.82) is 0 Å². The molecule has 0 saturated carbocycles. The second kappa shape index (κ2) is 5.51. The Morgan fingerprint density at radius 1 is 1.40 bits per heavy atom. The summed E-state index contributed by atoms with van der Waals surface area (Å²) >= 11 is 0. The van der Waals surface area contributed by atoms with Gasteiger partial charge in [0.05, 0.1) is 7.05 Å². The molecule has 1 heterocycles. The van der Waals surface area contributed by atoms with Gasteiger partial charge in [-0.2, -0.15) is 0 Å². The zero-order valence-electron chi connectivity index (χ0n) is 10.9. The summed E-state index contributed by atoms with van der Waals surface area (Å²) in [5, 5.41) is 21.0. The molecule has 1 N–H and O–H groups in total. The van der Waals surface area contributed by atoms with Crippen LogP contribution in [0.15, 0.2) is 35.4 Å². The van der Waals surface area contributed by atoms with Gasteiger partial charge in [0.15, 0.2) is 6.10 Å². The van der Waals surface area contributed by atoms with E-state index in [4.69, 9.17) is 0 Å². The van der Waals surface area contributed by atoms with Crippen LogP contribution in [0.5, 0.6) is 0 Å². The largest absolute Gasteiger partial charge is 0.378 e. The first-order valence-corrected chi connectivity index (χ1v) is 7.25.